The van der Waals surface area contributed by atoms with Crippen molar-refractivity contribution in [2.75, 3.05) is 27.9 Å². The Bertz CT molecular complexity index is 587. The summed E-state index contributed by atoms with van der Waals surface area (Å²) in [5.74, 6) is -2.54. The van der Waals surface area contributed by atoms with Gasteiger partial charge >= 0.3 is 5.97 Å². The van der Waals surface area contributed by atoms with Gasteiger partial charge in [0.25, 0.3) is 0 Å². The van der Waals surface area contributed by atoms with Gasteiger partial charge in [0.15, 0.2) is 4.87 Å². The number of likely N-dealkylation sites (tertiary alicyclic amines) is 1. The third-order valence-corrected chi connectivity index (χ3v) is 5.54. The average Bonchev–Trinajstić information content (AvgIpc) is 3.11. The van der Waals surface area contributed by atoms with Crippen LogP contribution in [-0.2, 0) is 23.8 Å². The maximum atomic E-state index is 12.8. The molecule has 1 fully saturated rings. The maximum absolute atomic E-state index is 12.8. The predicted octanol–water partition coefficient (Wildman–Crippen LogP) is 2.20. The molecule has 0 N–H and O–H groups in total. The second kappa shape index (κ2) is 7.04. The molecular weight excluding hydrogens is 357 g/mol. The van der Waals surface area contributed by atoms with E-state index >= 15 is 0 Å². The first-order chi connectivity index (χ1) is 11.3. The summed E-state index contributed by atoms with van der Waals surface area (Å²) in [6, 6.07) is -0.570. The normalized spacial score (nSPS) is 29.3. The van der Waals surface area contributed by atoms with Crippen LogP contribution in [0.5, 0.6) is 0 Å². The molecule has 2 atom stereocenters. The fraction of sp³-hybridized carbons (Fsp3) is 0.625. The number of rotatable bonds is 6. The quantitative estimate of drug-likeness (QED) is 0.306. The standard InChI is InChI=1S/C16H21Cl2NO5/c1-5-8-15(18)13(20)11(17)12(16(15,23-3)24-4)19-9-6-7-10(19)14(21)22-2/h5,10H,1,6-9H2,2-4H3. The smallest absolute Gasteiger partial charge is 0.328 e. The molecule has 0 amide bonds. The molecular formula is C16H21Cl2NO5. The summed E-state index contributed by atoms with van der Waals surface area (Å²) in [4.78, 5) is 25.0. The van der Waals surface area contributed by atoms with E-state index in [4.69, 9.17) is 37.4 Å². The van der Waals surface area contributed by atoms with E-state index in [1.165, 1.54) is 27.4 Å². The summed E-state index contributed by atoms with van der Waals surface area (Å²) in [6.45, 7) is 4.15. The lowest BCUT2D eigenvalue weighted by atomic mass is 9.93. The molecule has 2 unspecified atom stereocenters. The highest BCUT2D eigenvalue weighted by molar-refractivity contribution is 6.53. The van der Waals surface area contributed by atoms with Crippen LogP contribution < -0.4 is 0 Å². The summed E-state index contributed by atoms with van der Waals surface area (Å²) in [5.41, 5.74) is 0.268. The third kappa shape index (κ3) is 2.47. The Hall–Kier alpha value is -1.08. The number of halogens is 2. The van der Waals surface area contributed by atoms with Gasteiger partial charge in [-0.3, -0.25) is 4.79 Å². The molecule has 0 spiro atoms. The number of alkyl halides is 1. The van der Waals surface area contributed by atoms with E-state index in [0.717, 1.165) is 6.42 Å². The minimum Gasteiger partial charge on any atom is -0.467 e. The fourth-order valence-corrected chi connectivity index (χ4v) is 4.41. The van der Waals surface area contributed by atoms with E-state index in [-0.39, 0.29) is 17.2 Å². The summed E-state index contributed by atoms with van der Waals surface area (Å²) in [5, 5.41) is -0.0913. The molecule has 2 rings (SSSR count). The van der Waals surface area contributed by atoms with Gasteiger partial charge in [-0.25, -0.2) is 4.79 Å². The highest BCUT2D eigenvalue weighted by Gasteiger charge is 2.67. The lowest BCUT2D eigenvalue weighted by molar-refractivity contribution is -0.207. The zero-order valence-corrected chi connectivity index (χ0v) is 15.4. The lowest BCUT2D eigenvalue weighted by Crippen LogP contribution is -2.58. The van der Waals surface area contributed by atoms with Gasteiger partial charge in [-0.1, -0.05) is 17.7 Å². The van der Waals surface area contributed by atoms with Crippen molar-refractivity contribution in [1.29, 1.82) is 0 Å². The molecule has 6 nitrogen and oxygen atoms in total. The number of methoxy groups -OCH3 is 3. The van der Waals surface area contributed by atoms with Crippen molar-refractivity contribution in [3.8, 4) is 0 Å². The molecule has 0 aromatic heterocycles. The Kier molecular flexibility index (Phi) is 5.64. The molecule has 0 saturated carbocycles. The Morgan fingerprint density at radius 1 is 1.42 bits per heavy atom. The number of carbonyl (C=O) groups excluding carboxylic acids is 2. The number of allylic oxidation sites excluding steroid dienone is 2. The minimum atomic E-state index is -1.62. The zero-order chi connectivity index (χ0) is 18.1. The molecule has 24 heavy (non-hydrogen) atoms. The van der Waals surface area contributed by atoms with Gasteiger partial charge in [0.2, 0.25) is 11.6 Å². The number of ether oxygens (including phenoxy) is 3. The largest absolute Gasteiger partial charge is 0.467 e. The summed E-state index contributed by atoms with van der Waals surface area (Å²) >= 11 is 13.0. The van der Waals surface area contributed by atoms with Crippen LogP contribution in [0.3, 0.4) is 0 Å². The van der Waals surface area contributed by atoms with Gasteiger partial charge in [0.05, 0.1) is 12.8 Å². The van der Waals surface area contributed by atoms with Crippen LogP contribution >= 0.6 is 23.2 Å². The van der Waals surface area contributed by atoms with E-state index in [2.05, 4.69) is 6.58 Å². The minimum absolute atomic E-state index is 0.0888. The monoisotopic (exact) mass is 377 g/mol. The fourth-order valence-electron chi connectivity index (χ4n) is 3.52. The highest BCUT2D eigenvalue weighted by atomic mass is 35.5. The first-order valence-electron chi connectivity index (χ1n) is 7.54. The second-order valence-electron chi connectivity index (χ2n) is 5.69. The van der Waals surface area contributed by atoms with E-state index in [9.17, 15) is 9.59 Å². The van der Waals surface area contributed by atoms with Crippen molar-refractivity contribution in [3.05, 3.63) is 23.4 Å². The number of hydrogen-bond acceptors (Lipinski definition) is 6. The van der Waals surface area contributed by atoms with E-state index in [1.54, 1.807) is 4.90 Å². The highest BCUT2D eigenvalue weighted by Crippen LogP contribution is 2.53. The average molecular weight is 378 g/mol. The first kappa shape index (κ1) is 19.2. The molecule has 1 aliphatic heterocycles. The number of esters is 1. The number of ketones is 1. The van der Waals surface area contributed by atoms with Crippen molar-refractivity contribution >= 4 is 35.0 Å². The van der Waals surface area contributed by atoms with Gasteiger partial charge in [0.1, 0.15) is 11.1 Å². The van der Waals surface area contributed by atoms with Crippen molar-refractivity contribution in [3.63, 3.8) is 0 Å². The van der Waals surface area contributed by atoms with Gasteiger partial charge in [-0.2, -0.15) is 0 Å². The molecule has 0 aromatic carbocycles. The lowest BCUT2D eigenvalue weighted by Gasteiger charge is -2.42. The molecule has 0 radical (unpaired) electrons. The summed E-state index contributed by atoms with van der Waals surface area (Å²) in [6.07, 6.45) is 2.91. The SMILES string of the molecule is C=CCC1(Cl)C(=O)C(Cl)=C(N2CCCC2C(=O)OC)C1(OC)OC. The predicted molar refractivity (Wildman–Crippen MR) is 89.8 cm³/mol. The van der Waals surface area contributed by atoms with E-state index in [1.807, 2.05) is 0 Å². The van der Waals surface area contributed by atoms with Crippen LogP contribution in [0, 0.1) is 0 Å². The van der Waals surface area contributed by atoms with Crippen LogP contribution in [0.4, 0.5) is 0 Å². The molecule has 1 aliphatic carbocycles. The molecule has 1 saturated heterocycles. The summed E-state index contributed by atoms with van der Waals surface area (Å²) < 4.78 is 16.0. The van der Waals surface area contributed by atoms with Crippen LogP contribution in [-0.4, -0.2) is 61.2 Å². The summed E-state index contributed by atoms with van der Waals surface area (Å²) in [7, 11) is 4.09. The Morgan fingerprint density at radius 3 is 2.54 bits per heavy atom. The molecule has 8 heteroatoms. The van der Waals surface area contributed by atoms with E-state index < -0.39 is 28.5 Å². The van der Waals surface area contributed by atoms with Crippen LogP contribution in [0.1, 0.15) is 19.3 Å². The molecule has 134 valence electrons. The Labute approximate surface area is 151 Å². The number of nitrogens with zero attached hydrogens (tertiary/aromatic N) is 1. The van der Waals surface area contributed by atoms with Gasteiger partial charge < -0.3 is 19.1 Å². The van der Waals surface area contributed by atoms with Crippen LogP contribution in [0.15, 0.2) is 23.4 Å². The van der Waals surface area contributed by atoms with Gasteiger partial charge in [0, 0.05) is 20.8 Å². The van der Waals surface area contributed by atoms with Crippen molar-refractivity contribution in [1.82, 2.24) is 4.90 Å². The van der Waals surface area contributed by atoms with Crippen LogP contribution in [0.25, 0.3) is 0 Å². The molecule has 0 bridgehead atoms. The van der Waals surface area contributed by atoms with Gasteiger partial charge in [-0.15, -0.1) is 18.2 Å². The van der Waals surface area contributed by atoms with Crippen molar-refractivity contribution in [2.24, 2.45) is 0 Å². The number of Topliss-reactive ketones (excluding diaryl/α,β-unsaturated/α-hetero) is 1. The van der Waals surface area contributed by atoms with Crippen LogP contribution in [0.2, 0.25) is 0 Å². The first-order valence-corrected chi connectivity index (χ1v) is 8.29. The topological polar surface area (TPSA) is 65.1 Å². The third-order valence-electron chi connectivity index (χ3n) is 4.61. The van der Waals surface area contributed by atoms with E-state index in [0.29, 0.717) is 13.0 Å². The second-order valence-corrected chi connectivity index (χ2v) is 6.71. The Balaban J connectivity index is 2.60. The number of carbonyl (C=O) groups is 2. The Morgan fingerprint density at radius 2 is 2.04 bits per heavy atom. The molecule has 1 heterocycles. The molecule has 2 aliphatic rings. The van der Waals surface area contributed by atoms with Gasteiger partial charge in [-0.05, 0) is 19.3 Å². The number of hydrogen-bond donors (Lipinski definition) is 0. The molecule has 0 aromatic rings. The maximum Gasteiger partial charge on any atom is 0.328 e. The zero-order valence-electron chi connectivity index (χ0n) is 13.9. The van der Waals surface area contributed by atoms with Crippen molar-refractivity contribution < 1.29 is 23.8 Å². The van der Waals surface area contributed by atoms with Crippen molar-refractivity contribution in [2.45, 2.75) is 36.0 Å².